The molecule has 0 heterocycles. The van der Waals surface area contributed by atoms with Gasteiger partial charge in [-0.25, -0.2) is 13.1 Å². The third-order valence-electron chi connectivity index (χ3n) is 1.71. The Balaban J connectivity index is 3.94. The van der Waals surface area contributed by atoms with Crippen molar-refractivity contribution in [1.29, 1.82) is 0 Å². The predicted molar refractivity (Wildman–Crippen MR) is 69.0 cm³/mol. The third kappa shape index (κ3) is 10.4. The highest BCUT2D eigenvalue weighted by Gasteiger charge is 2.19. The maximum Gasteiger partial charge on any atom is 0.212 e. The lowest BCUT2D eigenvalue weighted by Gasteiger charge is -2.22. The maximum atomic E-state index is 11.6. The van der Waals surface area contributed by atoms with E-state index in [1.807, 2.05) is 20.8 Å². The van der Waals surface area contributed by atoms with Crippen molar-refractivity contribution in [1.82, 2.24) is 10.0 Å². The minimum absolute atomic E-state index is 0.0429. The lowest BCUT2D eigenvalue weighted by Crippen LogP contribution is -2.43. The van der Waals surface area contributed by atoms with Gasteiger partial charge in [0.15, 0.2) is 0 Å². The lowest BCUT2D eigenvalue weighted by atomic mass is 10.1. The fourth-order valence-electron chi connectivity index (χ4n) is 1.24. The van der Waals surface area contributed by atoms with Gasteiger partial charge in [-0.15, -0.1) is 0 Å². The van der Waals surface area contributed by atoms with Crippen LogP contribution < -0.4 is 10.0 Å². The molecule has 0 aromatic rings. The summed E-state index contributed by atoms with van der Waals surface area (Å²) in [5.41, 5.74) is -0.350. The largest absolute Gasteiger partial charge is 0.312 e. The molecule has 0 aromatic carbocycles. The molecule has 0 saturated heterocycles. The molecular weight excluding hydrogens is 224 g/mol. The topological polar surface area (TPSA) is 58.2 Å². The molecule has 0 atom stereocenters. The SMILES string of the molecule is CC(C)(C)NCCCS(=O)(=O)NC(C)(C)C. The van der Waals surface area contributed by atoms with Crippen molar-refractivity contribution in [2.24, 2.45) is 0 Å². The van der Waals surface area contributed by atoms with Crippen molar-refractivity contribution in [3.63, 3.8) is 0 Å². The van der Waals surface area contributed by atoms with Crippen LogP contribution in [0.4, 0.5) is 0 Å². The molecule has 0 unspecified atom stereocenters. The molecule has 0 fully saturated rings. The van der Waals surface area contributed by atoms with E-state index in [4.69, 9.17) is 0 Å². The smallest absolute Gasteiger partial charge is 0.212 e. The lowest BCUT2D eigenvalue weighted by molar-refractivity contribution is 0.425. The quantitative estimate of drug-likeness (QED) is 0.727. The number of nitrogens with one attached hydrogen (secondary N) is 2. The number of hydrogen-bond acceptors (Lipinski definition) is 3. The Hall–Kier alpha value is -0.130. The number of sulfonamides is 1. The highest BCUT2D eigenvalue weighted by Crippen LogP contribution is 2.03. The van der Waals surface area contributed by atoms with E-state index in [2.05, 4.69) is 30.8 Å². The van der Waals surface area contributed by atoms with Crippen LogP contribution in [0.2, 0.25) is 0 Å². The van der Waals surface area contributed by atoms with E-state index < -0.39 is 15.6 Å². The van der Waals surface area contributed by atoms with Gasteiger partial charge in [-0.2, -0.15) is 0 Å². The minimum atomic E-state index is -3.15. The number of hydrogen-bond donors (Lipinski definition) is 2. The van der Waals surface area contributed by atoms with Crippen LogP contribution in [0.15, 0.2) is 0 Å². The maximum absolute atomic E-state index is 11.6. The zero-order valence-electron chi connectivity index (χ0n) is 11.3. The summed E-state index contributed by atoms with van der Waals surface area (Å²) in [6, 6.07) is 0. The molecule has 2 N–H and O–H groups in total. The zero-order chi connectivity index (χ0) is 13.0. The van der Waals surface area contributed by atoms with Gasteiger partial charge in [0.1, 0.15) is 0 Å². The second kappa shape index (κ2) is 5.47. The average molecular weight is 250 g/mol. The van der Waals surface area contributed by atoms with E-state index in [1.165, 1.54) is 0 Å². The van der Waals surface area contributed by atoms with Crippen molar-refractivity contribution in [3.05, 3.63) is 0 Å². The van der Waals surface area contributed by atoms with Crippen molar-refractivity contribution in [2.45, 2.75) is 59.0 Å². The van der Waals surface area contributed by atoms with Crippen LogP contribution in [0.3, 0.4) is 0 Å². The Morgan fingerprint density at radius 2 is 1.44 bits per heavy atom. The summed E-state index contributed by atoms with van der Waals surface area (Å²) < 4.78 is 25.9. The van der Waals surface area contributed by atoms with E-state index in [0.717, 1.165) is 0 Å². The van der Waals surface area contributed by atoms with E-state index >= 15 is 0 Å². The first kappa shape index (κ1) is 15.9. The molecule has 0 aliphatic carbocycles. The van der Waals surface area contributed by atoms with Gasteiger partial charge in [-0.1, -0.05) is 0 Å². The van der Waals surface area contributed by atoms with Crippen molar-refractivity contribution in [3.8, 4) is 0 Å². The van der Waals surface area contributed by atoms with Crippen LogP contribution in [-0.2, 0) is 10.0 Å². The third-order valence-corrected chi connectivity index (χ3v) is 3.46. The second-order valence-corrected chi connectivity index (χ2v) is 8.04. The minimum Gasteiger partial charge on any atom is -0.312 e. The first-order valence-corrected chi connectivity index (χ1v) is 7.33. The fourth-order valence-corrected chi connectivity index (χ4v) is 2.80. The molecule has 16 heavy (non-hydrogen) atoms. The van der Waals surface area contributed by atoms with Gasteiger partial charge in [0.25, 0.3) is 0 Å². The molecule has 0 aliphatic heterocycles. The summed E-state index contributed by atoms with van der Waals surface area (Å²) in [6.07, 6.45) is 0.628. The van der Waals surface area contributed by atoms with Crippen LogP contribution in [0.1, 0.15) is 48.0 Å². The highest BCUT2D eigenvalue weighted by molar-refractivity contribution is 7.89. The van der Waals surface area contributed by atoms with E-state index in [0.29, 0.717) is 13.0 Å². The standard InChI is InChI=1S/C11H26N2O2S/c1-10(2,3)12-8-7-9-16(14,15)13-11(4,5)6/h12-13H,7-9H2,1-6H3. The van der Waals surface area contributed by atoms with E-state index in [1.54, 1.807) is 0 Å². The summed E-state index contributed by atoms with van der Waals surface area (Å²) in [6.45, 7) is 12.4. The van der Waals surface area contributed by atoms with Crippen molar-refractivity contribution in [2.75, 3.05) is 12.3 Å². The van der Waals surface area contributed by atoms with Crippen LogP contribution in [0.5, 0.6) is 0 Å². The summed E-state index contributed by atoms with van der Waals surface area (Å²) in [5, 5.41) is 3.27. The molecule has 0 amide bonds. The van der Waals surface area contributed by atoms with Crippen LogP contribution in [0, 0.1) is 0 Å². The molecule has 0 aromatic heterocycles. The molecule has 0 radical (unpaired) electrons. The fraction of sp³-hybridized carbons (Fsp3) is 1.00. The predicted octanol–water partition coefficient (Wildman–Crippen LogP) is 1.48. The molecule has 0 spiro atoms. The summed E-state index contributed by atoms with van der Waals surface area (Å²) in [4.78, 5) is 0. The summed E-state index contributed by atoms with van der Waals surface area (Å²) in [7, 11) is -3.15. The van der Waals surface area contributed by atoms with Crippen LogP contribution >= 0.6 is 0 Å². The zero-order valence-corrected chi connectivity index (χ0v) is 12.2. The molecule has 0 aliphatic rings. The van der Waals surface area contributed by atoms with Crippen molar-refractivity contribution >= 4 is 10.0 Å². The molecule has 4 nitrogen and oxygen atoms in total. The summed E-state index contributed by atoms with van der Waals surface area (Å²) in [5.74, 6) is 0.174. The van der Waals surface area contributed by atoms with Gasteiger partial charge in [0.2, 0.25) is 10.0 Å². The molecule has 0 saturated carbocycles. The molecule has 0 rings (SSSR count). The monoisotopic (exact) mass is 250 g/mol. The summed E-state index contributed by atoms with van der Waals surface area (Å²) >= 11 is 0. The van der Waals surface area contributed by atoms with Gasteiger partial charge < -0.3 is 5.32 Å². The van der Waals surface area contributed by atoms with Gasteiger partial charge in [0.05, 0.1) is 5.75 Å². The van der Waals surface area contributed by atoms with Crippen LogP contribution in [-0.4, -0.2) is 31.8 Å². The average Bonchev–Trinajstić information content (AvgIpc) is 1.91. The molecule has 98 valence electrons. The van der Waals surface area contributed by atoms with Gasteiger partial charge >= 0.3 is 0 Å². The first-order valence-electron chi connectivity index (χ1n) is 5.68. The Morgan fingerprint density at radius 3 is 1.81 bits per heavy atom. The van der Waals surface area contributed by atoms with Crippen LogP contribution in [0.25, 0.3) is 0 Å². The normalized spacial score (nSPS) is 14.1. The van der Waals surface area contributed by atoms with E-state index in [-0.39, 0.29) is 11.3 Å². The number of rotatable bonds is 5. The Morgan fingerprint density at radius 1 is 0.938 bits per heavy atom. The molecular formula is C11H26N2O2S. The first-order chi connectivity index (χ1) is 6.91. The van der Waals surface area contributed by atoms with Gasteiger partial charge in [-0.3, -0.25) is 0 Å². The van der Waals surface area contributed by atoms with Crippen molar-refractivity contribution < 1.29 is 8.42 Å². The Kier molecular flexibility index (Phi) is 5.42. The van der Waals surface area contributed by atoms with E-state index in [9.17, 15) is 8.42 Å². The van der Waals surface area contributed by atoms with Gasteiger partial charge in [-0.05, 0) is 54.5 Å². The molecule has 5 heteroatoms. The second-order valence-electron chi connectivity index (χ2n) is 6.20. The van der Waals surface area contributed by atoms with Gasteiger partial charge in [0, 0.05) is 11.1 Å². The molecule has 0 bridgehead atoms. The Labute approximate surface area is 100 Å². The Bertz CT molecular complexity index is 297. The highest BCUT2D eigenvalue weighted by atomic mass is 32.2.